The predicted molar refractivity (Wildman–Crippen MR) is 108 cm³/mol. The van der Waals surface area contributed by atoms with Gasteiger partial charge in [-0.25, -0.2) is 16.8 Å². The van der Waals surface area contributed by atoms with Gasteiger partial charge in [0.2, 0.25) is 0 Å². The second kappa shape index (κ2) is 9.61. The van der Waals surface area contributed by atoms with E-state index >= 15 is 0 Å². The first-order valence-electron chi connectivity index (χ1n) is 8.54. The summed E-state index contributed by atoms with van der Waals surface area (Å²) in [4.78, 5) is 0. The summed E-state index contributed by atoms with van der Waals surface area (Å²) in [5.41, 5.74) is -0.812. The molecule has 0 spiro atoms. The van der Waals surface area contributed by atoms with Crippen LogP contribution in [0.3, 0.4) is 0 Å². The van der Waals surface area contributed by atoms with Crippen LogP contribution in [0.1, 0.15) is 11.1 Å². The van der Waals surface area contributed by atoms with E-state index in [0.29, 0.717) is 21.5 Å². The summed E-state index contributed by atoms with van der Waals surface area (Å²) in [6.45, 7) is 0. The Kier molecular flexibility index (Phi) is 8.20. The van der Waals surface area contributed by atoms with Gasteiger partial charge in [-0.2, -0.15) is 0 Å². The van der Waals surface area contributed by atoms with Gasteiger partial charge in [0.05, 0.1) is 0 Å². The summed E-state index contributed by atoms with van der Waals surface area (Å²) >= 11 is 0. The molecule has 0 atom stereocenters. The van der Waals surface area contributed by atoms with Crippen molar-refractivity contribution in [3.05, 3.63) is 96.1 Å². The van der Waals surface area contributed by atoms with Crippen LogP contribution in [0.5, 0.6) is 0 Å². The maximum atomic E-state index is 12.4. The molecule has 0 saturated heterocycles. The summed E-state index contributed by atoms with van der Waals surface area (Å²) in [7, 11) is -11.4. The van der Waals surface area contributed by atoms with Gasteiger partial charge < -0.3 is 9.11 Å². The normalized spacial score (nSPS) is 12.2. The van der Waals surface area contributed by atoms with Gasteiger partial charge in [-0.15, -0.1) is 0 Å². The van der Waals surface area contributed by atoms with E-state index in [1.54, 1.807) is 48.5 Å². The standard InChI is InChI=1S/C21H16O6S2.2Na/c22-28(23,24)21(29(25,26)27,19-11-9-15-5-1-3-7-17(15)13-19)20-12-10-16-6-2-4-8-18(16)14-20;;/h1-14H,(H,22,23,24)(H,25,26,27);;/q;2*+1/p-2. The van der Waals surface area contributed by atoms with Crippen LogP contribution in [-0.4, -0.2) is 25.9 Å². The average Bonchev–Trinajstić information content (AvgIpc) is 2.66. The van der Waals surface area contributed by atoms with Gasteiger partial charge in [-0.1, -0.05) is 72.8 Å². The number of fused-ring (bicyclic) bond motifs is 2. The van der Waals surface area contributed by atoms with Gasteiger partial charge in [0.15, 0.2) is 4.08 Å². The zero-order valence-corrected chi connectivity index (χ0v) is 22.5. The summed E-state index contributed by atoms with van der Waals surface area (Å²) < 4.78 is 71.3. The first-order valence-corrected chi connectivity index (χ1v) is 11.4. The van der Waals surface area contributed by atoms with Crippen molar-refractivity contribution >= 4 is 41.8 Å². The van der Waals surface area contributed by atoms with E-state index in [0.717, 1.165) is 0 Å². The summed E-state index contributed by atoms with van der Waals surface area (Å²) in [5.74, 6) is 0. The molecule has 0 amide bonds. The molecule has 0 heterocycles. The van der Waals surface area contributed by atoms with Crippen LogP contribution in [-0.2, 0) is 24.3 Å². The van der Waals surface area contributed by atoms with E-state index in [2.05, 4.69) is 0 Å². The summed E-state index contributed by atoms with van der Waals surface area (Å²) in [6.07, 6.45) is 0. The van der Waals surface area contributed by atoms with Crippen molar-refractivity contribution in [2.75, 3.05) is 0 Å². The maximum Gasteiger partial charge on any atom is 1.00 e. The first kappa shape index (κ1) is 26.5. The Bertz CT molecular complexity index is 1350. The van der Waals surface area contributed by atoms with Crippen LogP contribution in [0.4, 0.5) is 0 Å². The fraction of sp³-hybridized carbons (Fsp3) is 0.0476. The third-order valence-corrected chi connectivity index (χ3v) is 8.54. The molecule has 0 aliphatic rings. The van der Waals surface area contributed by atoms with Crippen LogP contribution in [0, 0.1) is 0 Å². The molecule has 6 nitrogen and oxygen atoms in total. The molecule has 0 saturated carbocycles. The van der Waals surface area contributed by atoms with E-state index in [1.165, 1.54) is 36.4 Å². The van der Waals surface area contributed by atoms with E-state index in [4.69, 9.17) is 0 Å². The topological polar surface area (TPSA) is 114 Å². The Morgan fingerprint density at radius 2 is 0.839 bits per heavy atom. The zero-order valence-electron chi connectivity index (χ0n) is 16.8. The van der Waals surface area contributed by atoms with Crippen molar-refractivity contribution in [3.63, 3.8) is 0 Å². The molecule has 4 aromatic carbocycles. The fourth-order valence-corrected chi connectivity index (χ4v) is 6.32. The third kappa shape index (κ3) is 4.52. The molecule has 0 unspecified atom stereocenters. The largest absolute Gasteiger partial charge is 1.00 e. The van der Waals surface area contributed by atoms with Crippen molar-refractivity contribution in [1.29, 1.82) is 0 Å². The molecule has 10 heteroatoms. The second-order valence-corrected chi connectivity index (χ2v) is 9.95. The van der Waals surface area contributed by atoms with Gasteiger partial charge in [0.25, 0.3) is 0 Å². The van der Waals surface area contributed by atoms with Crippen molar-refractivity contribution < 1.29 is 85.1 Å². The molecule has 0 fully saturated rings. The maximum absolute atomic E-state index is 12.4. The van der Waals surface area contributed by atoms with Crippen molar-refractivity contribution in [3.8, 4) is 0 Å². The smallest absolute Gasteiger partial charge is 0.746 e. The van der Waals surface area contributed by atoms with E-state index < -0.39 is 35.4 Å². The molecule has 0 aliphatic carbocycles. The molecule has 4 rings (SSSR count). The quantitative estimate of drug-likeness (QED) is 0.236. The van der Waals surface area contributed by atoms with Crippen molar-refractivity contribution in [2.45, 2.75) is 4.08 Å². The molecule has 4 aromatic rings. The summed E-state index contributed by atoms with van der Waals surface area (Å²) in [6, 6.07) is 21.5. The Labute approximate surface area is 224 Å². The minimum Gasteiger partial charge on any atom is -0.746 e. The third-order valence-electron chi connectivity index (χ3n) is 4.96. The zero-order chi connectivity index (χ0) is 20.9. The molecular formula is C21H14Na2O6S2. The monoisotopic (exact) mass is 472 g/mol. The first-order chi connectivity index (χ1) is 13.6. The predicted octanol–water partition coefficient (Wildman–Crippen LogP) is -2.71. The van der Waals surface area contributed by atoms with Gasteiger partial charge >= 0.3 is 59.1 Å². The van der Waals surface area contributed by atoms with Gasteiger partial charge in [0, 0.05) is 0 Å². The molecule has 0 aromatic heterocycles. The Morgan fingerprint density at radius 3 is 1.16 bits per heavy atom. The van der Waals surface area contributed by atoms with Crippen LogP contribution in [0.25, 0.3) is 21.5 Å². The minimum atomic E-state index is -5.68. The Hall–Kier alpha value is -0.780. The number of hydrogen-bond acceptors (Lipinski definition) is 6. The van der Waals surface area contributed by atoms with Crippen LogP contribution in [0.2, 0.25) is 0 Å². The number of rotatable bonds is 4. The van der Waals surface area contributed by atoms with Gasteiger partial charge in [-0.05, 0) is 44.8 Å². The van der Waals surface area contributed by atoms with E-state index in [9.17, 15) is 25.9 Å². The van der Waals surface area contributed by atoms with E-state index in [-0.39, 0.29) is 59.1 Å². The van der Waals surface area contributed by atoms with Crippen LogP contribution in [0.15, 0.2) is 84.9 Å². The molecule has 0 bridgehead atoms. The number of benzene rings is 4. The molecular weight excluding hydrogens is 458 g/mol. The van der Waals surface area contributed by atoms with Crippen LogP contribution >= 0.6 is 0 Å². The van der Waals surface area contributed by atoms with Crippen molar-refractivity contribution in [2.24, 2.45) is 0 Å². The minimum absolute atomic E-state index is 0. The fourth-order valence-electron chi connectivity index (χ4n) is 3.66. The molecule has 0 N–H and O–H groups in total. The molecule has 0 radical (unpaired) electrons. The van der Waals surface area contributed by atoms with Crippen LogP contribution < -0.4 is 59.1 Å². The Morgan fingerprint density at radius 1 is 0.516 bits per heavy atom. The molecule has 148 valence electrons. The van der Waals surface area contributed by atoms with E-state index in [1.807, 2.05) is 0 Å². The average molecular weight is 472 g/mol. The Balaban J connectivity index is 0.00000171. The SMILES string of the molecule is O=S(=O)([O-])C(c1ccc2ccccc2c1)(c1ccc2ccccc2c1)S(=O)(=O)[O-].[Na+].[Na+]. The van der Waals surface area contributed by atoms with Crippen molar-refractivity contribution in [1.82, 2.24) is 0 Å². The molecule has 31 heavy (non-hydrogen) atoms. The second-order valence-electron chi connectivity index (χ2n) is 6.65. The molecule has 0 aliphatic heterocycles. The summed E-state index contributed by atoms with van der Waals surface area (Å²) in [5, 5.41) is 2.41. The van der Waals surface area contributed by atoms with Gasteiger partial charge in [0.1, 0.15) is 20.2 Å². The number of hydrogen-bond donors (Lipinski definition) is 0. The van der Waals surface area contributed by atoms with Gasteiger partial charge in [-0.3, -0.25) is 0 Å².